The third-order valence-corrected chi connectivity index (χ3v) is 3.40. The van der Waals surface area contributed by atoms with Gasteiger partial charge in [-0.25, -0.2) is 0 Å². The van der Waals surface area contributed by atoms with Crippen LogP contribution in [0.1, 0.15) is 17.2 Å². The summed E-state index contributed by atoms with van der Waals surface area (Å²) in [5.41, 5.74) is 7.41. The summed E-state index contributed by atoms with van der Waals surface area (Å²) >= 11 is 0. The van der Waals surface area contributed by atoms with Gasteiger partial charge in [-0.15, -0.1) is 0 Å². The van der Waals surface area contributed by atoms with E-state index in [-0.39, 0.29) is 0 Å². The number of aryl methyl sites for hydroxylation is 1. The predicted octanol–water partition coefficient (Wildman–Crippen LogP) is 2.19. The minimum Gasteiger partial charge on any atom is -0.483 e. The molecule has 4 nitrogen and oxygen atoms in total. The van der Waals surface area contributed by atoms with Gasteiger partial charge in [0.2, 0.25) is 5.91 Å². The largest absolute Gasteiger partial charge is 0.483 e. The maximum Gasteiger partial charge on any atom is 0.238 e. The van der Waals surface area contributed by atoms with E-state index >= 15 is 0 Å². The highest BCUT2D eigenvalue weighted by Crippen LogP contribution is 2.27. The average molecular weight is 284 g/mol. The highest BCUT2D eigenvalue weighted by Gasteiger charge is 2.28. The van der Waals surface area contributed by atoms with Crippen molar-refractivity contribution in [2.45, 2.75) is 19.1 Å². The molecule has 0 spiro atoms. The summed E-state index contributed by atoms with van der Waals surface area (Å²) in [5, 5.41) is 2.94. The molecular formula is C17H20N2O2. The van der Waals surface area contributed by atoms with E-state index in [1.54, 1.807) is 7.05 Å². The van der Waals surface area contributed by atoms with Gasteiger partial charge in [0.15, 0.2) is 0 Å². The molecule has 1 amide bonds. The number of nitrogens with two attached hydrogens (primary N) is 1. The van der Waals surface area contributed by atoms with Gasteiger partial charge >= 0.3 is 0 Å². The van der Waals surface area contributed by atoms with Crippen molar-refractivity contribution in [1.29, 1.82) is 0 Å². The van der Waals surface area contributed by atoms with Crippen LogP contribution in [0.15, 0.2) is 54.6 Å². The normalized spacial score (nSPS) is 13.4. The Balaban J connectivity index is 2.37. The standard InChI is InChI=1S/C17H20N2O2/c1-12-8-6-7-11-14(12)21-16(15(19-2)17(18)20)13-9-4-3-5-10-13/h3-11,15-16,19H,1-2H3,(H2,18,20). The number of nitrogens with one attached hydrogen (secondary N) is 1. The minimum absolute atomic E-state index is 0.445. The number of hydrogen-bond acceptors (Lipinski definition) is 3. The van der Waals surface area contributed by atoms with E-state index in [0.717, 1.165) is 16.9 Å². The topological polar surface area (TPSA) is 64.3 Å². The van der Waals surface area contributed by atoms with Crippen LogP contribution in [0.4, 0.5) is 0 Å². The maximum atomic E-state index is 11.7. The molecule has 2 atom stereocenters. The number of likely N-dealkylation sites (N-methyl/N-ethyl adjacent to an activating group) is 1. The number of benzene rings is 2. The van der Waals surface area contributed by atoms with Crippen molar-refractivity contribution < 1.29 is 9.53 Å². The van der Waals surface area contributed by atoms with Gasteiger partial charge in [-0.3, -0.25) is 4.79 Å². The van der Waals surface area contributed by atoms with Gasteiger partial charge in [0.25, 0.3) is 0 Å². The van der Waals surface area contributed by atoms with Crippen LogP contribution >= 0.6 is 0 Å². The molecule has 0 fully saturated rings. The summed E-state index contributed by atoms with van der Waals surface area (Å²) in [6.45, 7) is 1.97. The van der Waals surface area contributed by atoms with Crippen molar-refractivity contribution in [3.63, 3.8) is 0 Å². The van der Waals surface area contributed by atoms with E-state index in [9.17, 15) is 4.79 Å². The van der Waals surface area contributed by atoms with Crippen LogP contribution in [0.2, 0.25) is 0 Å². The van der Waals surface area contributed by atoms with Crippen molar-refractivity contribution in [3.05, 3.63) is 65.7 Å². The van der Waals surface area contributed by atoms with Crippen LogP contribution < -0.4 is 15.8 Å². The Bertz CT molecular complexity index is 599. The molecule has 2 aromatic rings. The summed E-state index contributed by atoms with van der Waals surface area (Å²) in [6.07, 6.45) is -0.477. The lowest BCUT2D eigenvalue weighted by atomic mass is 10.0. The fraction of sp³-hybridized carbons (Fsp3) is 0.235. The van der Waals surface area contributed by atoms with E-state index in [4.69, 9.17) is 10.5 Å². The number of primary amides is 1. The third kappa shape index (κ3) is 3.61. The number of carbonyl (C=O) groups is 1. The van der Waals surface area contributed by atoms with Gasteiger partial charge in [-0.05, 0) is 31.2 Å². The van der Waals surface area contributed by atoms with Crippen LogP contribution in [0.25, 0.3) is 0 Å². The summed E-state index contributed by atoms with van der Waals surface area (Å²) < 4.78 is 6.08. The SMILES string of the molecule is CNC(C(N)=O)C(Oc1ccccc1C)c1ccccc1. The molecule has 0 heterocycles. The van der Waals surface area contributed by atoms with Crippen LogP contribution in [0.5, 0.6) is 5.75 Å². The zero-order valence-corrected chi connectivity index (χ0v) is 12.2. The van der Waals surface area contributed by atoms with Crippen molar-refractivity contribution >= 4 is 5.91 Å². The molecule has 2 rings (SSSR count). The Kier molecular flexibility index (Phi) is 4.95. The van der Waals surface area contributed by atoms with Crippen molar-refractivity contribution in [1.82, 2.24) is 5.32 Å². The first-order valence-corrected chi connectivity index (χ1v) is 6.87. The van der Waals surface area contributed by atoms with E-state index in [1.807, 2.05) is 61.5 Å². The van der Waals surface area contributed by atoms with Gasteiger partial charge in [0.05, 0.1) is 0 Å². The third-order valence-electron chi connectivity index (χ3n) is 3.40. The average Bonchev–Trinajstić information content (AvgIpc) is 2.49. The molecule has 0 aliphatic carbocycles. The van der Waals surface area contributed by atoms with Crippen LogP contribution in [-0.2, 0) is 4.79 Å². The molecule has 3 N–H and O–H groups in total. The van der Waals surface area contributed by atoms with Crippen LogP contribution in [0, 0.1) is 6.92 Å². The van der Waals surface area contributed by atoms with E-state index in [1.165, 1.54) is 0 Å². The first kappa shape index (κ1) is 15.1. The maximum absolute atomic E-state index is 11.7. The highest BCUT2D eigenvalue weighted by molar-refractivity contribution is 5.80. The second-order valence-electron chi connectivity index (χ2n) is 4.88. The monoisotopic (exact) mass is 284 g/mol. The Morgan fingerprint density at radius 3 is 2.29 bits per heavy atom. The molecule has 0 aromatic heterocycles. The predicted molar refractivity (Wildman–Crippen MR) is 83.0 cm³/mol. The van der Waals surface area contributed by atoms with Gasteiger partial charge in [0.1, 0.15) is 17.9 Å². The lowest BCUT2D eigenvalue weighted by Gasteiger charge is -2.26. The number of rotatable bonds is 6. The number of ether oxygens (including phenoxy) is 1. The number of amides is 1. The number of hydrogen-bond donors (Lipinski definition) is 2. The lowest BCUT2D eigenvalue weighted by Crippen LogP contribution is -2.45. The molecule has 0 bridgehead atoms. The van der Waals surface area contributed by atoms with Crippen LogP contribution in [0.3, 0.4) is 0 Å². The number of para-hydroxylation sites is 1. The Hall–Kier alpha value is -2.33. The molecule has 4 heteroatoms. The van der Waals surface area contributed by atoms with Crippen molar-refractivity contribution in [3.8, 4) is 5.75 Å². The van der Waals surface area contributed by atoms with Gasteiger partial charge < -0.3 is 15.8 Å². The molecule has 0 radical (unpaired) electrons. The molecule has 0 saturated carbocycles. The fourth-order valence-corrected chi connectivity index (χ4v) is 2.24. The Morgan fingerprint density at radius 1 is 1.10 bits per heavy atom. The Morgan fingerprint density at radius 2 is 1.71 bits per heavy atom. The van der Waals surface area contributed by atoms with Gasteiger partial charge in [0, 0.05) is 0 Å². The van der Waals surface area contributed by atoms with E-state index in [0.29, 0.717) is 0 Å². The number of carbonyl (C=O) groups excluding carboxylic acids is 1. The van der Waals surface area contributed by atoms with Crippen molar-refractivity contribution in [2.24, 2.45) is 5.73 Å². The van der Waals surface area contributed by atoms with Gasteiger partial charge in [-0.2, -0.15) is 0 Å². The lowest BCUT2D eigenvalue weighted by molar-refractivity contribution is -0.122. The Labute approximate surface area is 124 Å². The molecule has 0 aliphatic heterocycles. The summed E-state index contributed by atoms with van der Waals surface area (Å²) in [7, 11) is 1.70. The fourth-order valence-electron chi connectivity index (χ4n) is 2.24. The molecule has 21 heavy (non-hydrogen) atoms. The molecule has 0 saturated heterocycles. The molecule has 2 unspecified atom stereocenters. The first-order valence-electron chi connectivity index (χ1n) is 6.87. The summed E-state index contributed by atoms with van der Waals surface area (Å²) in [4.78, 5) is 11.7. The zero-order chi connectivity index (χ0) is 15.2. The summed E-state index contributed by atoms with van der Waals surface area (Å²) in [6, 6.07) is 16.7. The zero-order valence-electron chi connectivity index (χ0n) is 12.2. The molecule has 0 aliphatic rings. The second kappa shape index (κ2) is 6.90. The molecular weight excluding hydrogens is 264 g/mol. The van der Waals surface area contributed by atoms with Crippen molar-refractivity contribution in [2.75, 3.05) is 7.05 Å². The summed E-state index contributed by atoms with van der Waals surface area (Å²) in [5.74, 6) is 0.299. The highest BCUT2D eigenvalue weighted by atomic mass is 16.5. The molecule has 2 aromatic carbocycles. The first-order chi connectivity index (χ1) is 10.1. The van der Waals surface area contributed by atoms with E-state index in [2.05, 4.69) is 5.32 Å². The van der Waals surface area contributed by atoms with Crippen LogP contribution in [-0.4, -0.2) is 19.0 Å². The second-order valence-corrected chi connectivity index (χ2v) is 4.88. The minimum atomic E-state index is -0.605. The van der Waals surface area contributed by atoms with Gasteiger partial charge in [-0.1, -0.05) is 48.5 Å². The van der Waals surface area contributed by atoms with E-state index < -0.39 is 18.1 Å². The quantitative estimate of drug-likeness (QED) is 0.854. The molecule has 110 valence electrons. The smallest absolute Gasteiger partial charge is 0.238 e.